The van der Waals surface area contributed by atoms with E-state index in [0.29, 0.717) is 12.1 Å². The normalized spacial score (nSPS) is 9.62. The molecule has 0 fully saturated rings. The number of hydrogen-bond acceptors (Lipinski definition) is 3. The smallest absolute Gasteiger partial charge is 0.254 e. The predicted octanol–water partition coefficient (Wildman–Crippen LogP) is 1.70. The maximum Gasteiger partial charge on any atom is 0.254 e. The van der Waals surface area contributed by atoms with Gasteiger partial charge in [0.15, 0.2) is 0 Å². The van der Waals surface area contributed by atoms with Crippen LogP contribution < -0.4 is 0 Å². The standard InChI is InChI=1S/C17H16N2O2/c1-19(17(21)15-8-10-18-11-9-15)13-16-6-3-2-5-14(16)7-4-12-20/h2-3,5-6,8-11,20H,12-13H2,1H3. The maximum absolute atomic E-state index is 12.3. The van der Waals surface area contributed by atoms with Crippen LogP contribution in [0.2, 0.25) is 0 Å². The number of amides is 1. The maximum atomic E-state index is 12.3. The molecule has 0 spiro atoms. The fraction of sp³-hybridized carbons (Fsp3) is 0.176. The van der Waals surface area contributed by atoms with Crippen LogP contribution in [0.1, 0.15) is 21.5 Å². The van der Waals surface area contributed by atoms with E-state index in [2.05, 4.69) is 16.8 Å². The molecule has 4 heteroatoms. The number of aliphatic hydroxyl groups is 1. The third-order valence-electron chi connectivity index (χ3n) is 3.00. The Balaban J connectivity index is 2.16. The van der Waals surface area contributed by atoms with Crippen LogP contribution in [-0.2, 0) is 6.54 Å². The summed E-state index contributed by atoms with van der Waals surface area (Å²) in [5.74, 6) is 5.46. The van der Waals surface area contributed by atoms with E-state index in [-0.39, 0.29) is 12.5 Å². The average molecular weight is 280 g/mol. The molecule has 0 aliphatic rings. The zero-order valence-corrected chi connectivity index (χ0v) is 11.8. The monoisotopic (exact) mass is 280 g/mol. The van der Waals surface area contributed by atoms with Crippen LogP contribution >= 0.6 is 0 Å². The molecule has 4 nitrogen and oxygen atoms in total. The molecule has 2 aromatic rings. The summed E-state index contributed by atoms with van der Waals surface area (Å²) in [5.41, 5.74) is 2.37. The summed E-state index contributed by atoms with van der Waals surface area (Å²) < 4.78 is 0. The summed E-state index contributed by atoms with van der Waals surface area (Å²) in [6.07, 6.45) is 3.20. The van der Waals surface area contributed by atoms with Crippen LogP contribution in [0.15, 0.2) is 48.8 Å². The van der Waals surface area contributed by atoms with Gasteiger partial charge in [-0.25, -0.2) is 0 Å². The Morgan fingerprint density at radius 2 is 1.95 bits per heavy atom. The van der Waals surface area contributed by atoms with E-state index >= 15 is 0 Å². The van der Waals surface area contributed by atoms with Gasteiger partial charge in [-0.2, -0.15) is 0 Å². The Bertz CT molecular complexity index is 672. The van der Waals surface area contributed by atoms with Gasteiger partial charge in [0.2, 0.25) is 0 Å². The number of carbonyl (C=O) groups is 1. The molecule has 106 valence electrons. The SMILES string of the molecule is CN(Cc1ccccc1C#CCO)C(=O)c1ccncc1. The van der Waals surface area contributed by atoms with Gasteiger partial charge in [0.25, 0.3) is 5.91 Å². The summed E-state index contributed by atoms with van der Waals surface area (Å²) in [5, 5.41) is 8.79. The number of pyridine rings is 1. The van der Waals surface area contributed by atoms with Crippen molar-refractivity contribution < 1.29 is 9.90 Å². The van der Waals surface area contributed by atoms with E-state index < -0.39 is 0 Å². The third kappa shape index (κ3) is 3.91. The first-order chi connectivity index (χ1) is 10.2. The summed E-state index contributed by atoms with van der Waals surface area (Å²) in [6, 6.07) is 11.0. The average Bonchev–Trinajstić information content (AvgIpc) is 2.54. The fourth-order valence-electron chi connectivity index (χ4n) is 1.96. The van der Waals surface area contributed by atoms with Crippen LogP contribution in [0, 0.1) is 11.8 Å². The second-order valence-corrected chi connectivity index (χ2v) is 4.51. The molecule has 1 heterocycles. The lowest BCUT2D eigenvalue weighted by Gasteiger charge is -2.18. The van der Waals surface area contributed by atoms with Crippen molar-refractivity contribution in [2.24, 2.45) is 0 Å². The predicted molar refractivity (Wildman–Crippen MR) is 80.4 cm³/mol. The minimum Gasteiger partial charge on any atom is -0.384 e. The summed E-state index contributed by atoms with van der Waals surface area (Å²) in [4.78, 5) is 17.8. The van der Waals surface area contributed by atoms with E-state index in [0.717, 1.165) is 11.1 Å². The molecular weight excluding hydrogens is 264 g/mol. The Kier molecular flexibility index (Phi) is 5.08. The van der Waals surface area contributed by atoms with Gasteiger partial charge in [0.05, 0.1) is 0 Å². The molecule has 0 saturated heterocycles. The van der Waals surface area contributed by atoms with Crippen molar-refractivity contribution in [2.45, 2.75) is 6.54 Å². The second kappa shape index (κ2) is 7.22. The van der Waals surface area contributed by atoms with Crippen molar-refractivity contribution in [2.75, 3.05) is 13.7 Å². The Morgan fingerprint density at radius 1 is 1.24 bits per heavy atom. The van der Waals surface area contributed by atoms with Gasteiger partial charge in [-0.05, 0) is 23.8 Å². The number of aromatic nitrogens is 1. The minimum absolute atomic E-state index is 0.0673. The van der Waals surface area contributed by atoms with Crippen molar-refractivity contribution >= 4 is 5.91 Å². The lowest BCUT2D eigenvalue weighted by atomic mass is 10.1. The summed E-state index contributed by atoms with van der Waals surface area (Å²) in [6.45, 7) is 0.275. The molecular formula is C17H16N2O2. The van der Waals surface area contributed by atoms with Crippen LogP contribution in [0.25, 0.3) is 0 Å². The minimum atomic E-state index is -0.180. The molecule has 1 aromatic heterocycles. The van der Waals surface area contributed by atoms with E-state index in [4.69, 9.17) is 5.11 Å². The molecule has 0 saturated carbocycles. The van der Waals surface area contributed by atoms with Gasteiger partial charge in [-0.3, -0.25) is 9.78 Å². The molecule has 0 unspecified atom stereocenters. The number of aliphatic hydroxyl groups excluding tert-OH is 1. The first-order valence-electron chi connectivity index (χ1n) is 6.55. The third-order valence-corrected chi connectivity index (χ3v) is 3.00. The number of rotatable bonds is 3. The number of benzene rings is 1. The Morgan fingerprint density at radius 3 is 2.67 bits per heavy atom. The number of nitrogens with zero attached hydrogens (tertiary/aromatic N) is 2. The lowest BCUT2D eigenvalue weighted by Crippen LogP contribution is -2.26. The first kappa shape index (κ1) is 14.8. The Labute approximate surface area is 124 Å². The molecule has 2 rings (SSSR count). The van der Waals surface area contributed by atoms with E-state index in [1.807, 2.05) is 24.3 Å². The molecule has 0 aliphatic heterocycles. The van der Waals surface area contributed by atoms with Crippen molar-refractivity contribution in [1.29, 1.82) is 0 Å². The van der Waals surface area contributed by atoms with Crippen molar-refractivity contribution in [3.05, 3.63) is 65.5 Å². The highest BCUT2D eigenvalue weighted by molar-refractivity contribution is 5.93. The molecule has 1 amide bonds. The quantitative estimate of drug-likeness (QED) is 0.871. The summed E-state index contributed by atoms with van der Waals surface area (Å²) in [7, 11) is 1.75. The van der Waals surface area contributed by atoms with Gasteiger partial charge >= 0.3 is 0 Å². The van der Waals surface area contributed by atoms with Crippen LogP contribution in [0.4, 0.5) is 0 Å². The highest BCUT2D eigenvalue weighted by Crippen LogP contribution is 2.12. The summed E-state index contributed by atoms with van der Waals surface area (Å²) >= 11 is 0. The van der Waals surface area contributed by atoms with Crippen molar-refractivity contribution in [3.63, 3.8) is 0 Å². The molecule has 0 atom stereocenters. The van der Waals surface area contributed by atoms with E-state index in [1.165, 1.54) is 0 Å². The first-order valence-corrected chi connectivity index (χ1v) is 6.55. The molecule has 1 N–H and O–H groups in total. The fourth-order valence-corrected chi connectivity index (χ4v) is 1.96. The van der Waals surface area contributed by atoms with E-state index in [1.54, 1.807) is 36.5 Å². The molecule has 1 aromatic carbocycles. The second-order valence-electron chi connectivity index (χ2n) is 4.51. The van der Waals surface area contributed by atoms with Gasteiger partial charge in [-0.15, -0.1) is 0 Å². The molecule has 0 bridgehead atoms. The topological polar surface area (TPSA) is 53.4 Å². The number of carbonyl (C=O) groups excluding carboxylic acids is 1. The largest absolute Gasteiger partial charge is 0.384 e. The zero-order chi connectivity index (χ0) is 15.1. The van der Waals surface area contributed by atoms with Crippen LogP contribution in [-0.4, -0.2) is 34.6 Å². The van der Waals surface area contributed by atoms with Crippen LogP contribution in [0.3, 0.4) is 0 Å². The van der Waals surface area contributed by atoms with Crippen LogP contribution in [0.5, 0.6) is 0 Å². The molecule has 0 radical (unpaired) electrons. The van der Waals surface area contributed by atoms with Gasteiger partial charge < -0.3 is 10.0 Å². The zero-order valence-electron chi connectivity index (χ0n) is 11.8. The highest BCUT2D eigenvalue weighted by atomic mass is 16.2. The van der Waals surface area contributed by atoms with Crippen molar-refractivity contribution in [3.8, 4) is 11.8 Å². The van der Waals surface area contributed by atoms with E-state index in [9.17, 15) is 4.79 Å². The van der Waals surface area contributed by atoms with Gasteiger partial charge in [-0.1, -0.05) is 30.0 Å². The Hall–Kier alpha value is -2.64. The van der Waals surface area contributed by atoms with Gasteiger partial charge in [0.1, 0.15) is 6.61 Å². The molecule has 0 aliphatic carbocycles. The van der Waals surface area contributed by atoms with Crippen molar-refractivity contribution in [1.82, 2.24) is 9.88 Å². The number of hydrogen-bond donors (Lipinski definition) is 1. The highest BCUT2D eigenvalue weighted by Gasteiger charge is 2.12. The van der Waals surface area contributed by atoms with Gasteiger partial charge in [0, 0.05) is 37.1 Å². The lowest BCUT2D eigenvalue weighted by molar-refractivity contribution is 0.0785. The molecule has 21 heavy (non-hydrogen) atoms.